The number of rotatable bonds is 4. The fourth-order valence-corrected chi connectivity index (χ4v) is 2.31. The monoisotopic (exact) mass is 340 g/mol. The van der Waals surface area contributed by atoms with E-state index in [1.165, 1.54) is 16.9 Å². The van der Waals surface area contributed by atoms with E-state index >= 15 is 0 Å². The minimum absolute atomic E-state index is 0.0362. The molecule has 2 rings (SSSR count). The lowest BCUT2D eigenvalue weighted by Crippen LogP contribution is -2.37. The van der Waals surface area contributed by atoms with Crippen LogP contribution in [0.4, 0.5) is 9.93 Å². The summed E-state index contributed by atoms with van der Waals surface area (Å²) in [6.07, 6.45) is 0.775. The lowest BCUT2D eigenvalue weighted by molar-refractivity contribution is 0.249. The van der Waals surface area contributed by atoms with E-state index in [9.17, 15) is 4.79 Å². The predicted molar refractivity (Wildman–Crippen MR) is 79.4 cm³/mol. The van der Waals surface area contributed by atoms with Gasteiger partial charge in [0.15, 0.2) is 0 Å². The van der Waals surface area contributed by atoms with Gasteiger partial charge in [-0.25, -0.2) is 4.79 Å². The summed E-state index contributed by atoms with van der Waals surface area (Å²) >= 11 is 4.68. The first-order valence-corrected chi connectivity index (χ1v) is 7.39. The van der Waals surface area contributed by atoms with Gasteiger partial charge in [-0.2, -0.15) is 0 Å². The van der Waals surface area contributed by atoms with Crippen LogP contribution in [0, 0.1) is 0 Å². The minimum Gasteiger partial charge on any atom is -0.335 e. The van der Waals surface area contributed by atoms with E-state index < -0.39 is 0 Å². The maximum absolute atomic E-state index is 11.7. The molecule has 1 heterocycles. The lowest BCUT2D eigenvalue weighted by atomic mass is 10.1. The molecule has 0 radical (unpaired) electrons. The predicted octanol–water partition coefficient (Wildman–Crippen LogP) is 3.05. The smallest absolute Gasteiger partial charge is 0.321 e. The topological polar surface area (TPSA) is 66.9 Å². The van der Waals surface area contributed by atoms with Crippen LogP contribution in [0.2, 0.25) is 0 Å². The number of hydrogen-bond acceptors (Lipinski definition) is 4. The molecule has 0 saturated heterocycles. The Kier molecular flexibility index (Phi) is 4.86. The maximum Gasteiger partial charge on any atom is 0.321 e. The van der Waals surface area contributed by atoms with E-state index in [1.807, 2.05) is 31.2 Å². The largest absolute Gasteiger partial charge is 0.335 e. The highest BCUT2D eigenvalue weighted by Gasteiger charge is 2.09. The highest BCUT2D eigenvalue weighted by atomic mass is 79.9. The molecule has 0 spiro atoms. The zero-order chi connectivity index (χ0) is 13.7. The molecule has 0 aliphatic heterocycles. The molecule has 7 heteroatoms. The van der Waals surface area contributed by atoms with Crippen LogP contribution in [0.15, 0.2) is 34.2 Å². The van der Waals surface area contributed by atoms with Crippen molar-refractivity contribution in [2.45, 2.75) is 19.4 Å². The molecule has 2 amide bonds. The van der Waals surface area contributed by atoms with Crippen LogP contribution in [0.1, 0.15) is 12.5 Å². The number of benzene rings is 1. The van der Waals surface area contributed by atoms with Crippen molar-refractivity contribution in [1.29, 1.82) is 0 Å². The fraction of sp³-hybridized carbons (Fsp3) is 0.250. The van der Waals surface area contributed by atoms with Crippen LogP contribution < -0.4 is 10.6 Å². The summed E-state index contributed by atoms with van der Waals surface area (Å²) in [6, 6.07) is 7.82. The van der Waals surface area contributed by atoms with Crippen LogP contribution in [0.25, 0.3) is 0 Å². The van der Waals surface area contributed by atoms with Crippen molar-refractivity contribution in [3.05, 3.63) is 39.8 Å². The summed E-state index contributed by atoms with van der Waals surface area (Å²) in [6.45, 7) is 1.96. The van der Waals surface area contributed by atoms with Gasteiger partial charge in [-0.15, -0.1) is 10.2 Å². The van der Waals surface area contributed by atoms with Gasteiger partial charge in [-0.3, -0.25) is 5.32 Å². The minimum atomic E-state index is -0.263. The summed E-state index contributed by atoms with van der Waals surface area (Å²) in [7, 11) is 0. The second-order valence-electron chi connectivity index (χ2n) is 4.07. The van der Waals surface area contributed by atoms with Crippen molar-refractivity contribution in [3.63, 3.8) is 0 Å². The molecule has 1 aromatic carbocycles. The van der Waals surface area contributed by atoms with Gasteiger partial charge in [0, 0.05) is 10.5 Å². The highest BCUT2D eigenvalue weighted by molar-refractivity contribution is 9.10. The van der Waals surface area contributed by atoms with Gasteiger partial charge in [0.2, 0.25) is 5.13 Å². The van der Waals surface area contributed by atoms with E-state index in [4.69, 9.17) is 0 Å². The summed E-state index contributed by atoms with van der Waals surface area (Å²) in [5.41, 5.74) is 2.74. The molecule has 0 aliphatic rings. The SMILES string of the molecule is C[C@H](Cc1ccc(Br)cc1)NC(=O)Nc1nncs1. The average molecular weight is 341 g/mol. The summed E-state index contributed by atoms with van der Waals surface area (Å²) in [5.74, 6) is 0. The Labute approximate surface area is 123 Å². The second-order valence-corrected chi connectivity index (χ2v) is 5.82. The average Bonchev–Trinajstić information content (AvgIpc) is 2.84. The van der Waals surface area contributed by atoms with Gasteiger partial charge in [-0.05, 0) is 31.0 Å². The molecule has 2 aromatic rings. The Morgan fingerprint density at radius 3 is 2.79 bits per heavy atom. The zero-order valence-corrected chi connectivity index (χ0v) is 12.7. The number of amides is 2. The van der Waals surface area contributed by atoms with Crippen molar-refractivity contribution in [2.24, 2.45) is 0 Å². The number of carbonyl (C=O) groups excluding carboxylic acids is 1. The number of hydrogen-bond donors (Lipinski definition) is 2. The Morgan fingerprint density at radius 2 is 2.16 bits per heavy atom. The number of nitrogens with zero attached hydrogens (tertiary/aromatic N) is 2. The highest BCUT2D eigenvalue weighted by Crippen LogP contribution is 2.12. The molecular formula is C12H13BrN4OS. The van der Waals surface area contributed by atoms with Crippen LogP contribution >= 0.6 is 27.3 Å². The van der Waals surface area contributed by atoms with Gasteiger partial charge < -0.3 is 5.32 Å². The van der Waals surface area contributed by atoms with E-state index in [2.05, 4.69) is 36.8 Å². The molecule has 0 fully saturated rings. The van der Waals surface area contributed by atoms with Crippen molar-refractivity contribution in [2.75, 3.05) is 5.32 Å². The summed E-state index contributed by atoms with van der Waals surface area (Å²) in [4.78, 5) is 11.7. The molecular weight excluding hydrogens is 328 g/mol. The normalized spacial score (nSPS) is 11.9. The molecule has 1 atom stereocenters. The molecule has 2 N–H and O–H groups in total. The van der Waals surface area contributed by atoms with E-state index in [-0.39, 0.29) is 12.1 Å². The number of anilines is 1. The van der Waals surface area contributed by atoms with Crippen molar-refractivity contribution in [3.8, 4) is 0 Å². The molecule has 19 heavy (non-hydrogen) atoms. The summed E-state index contributed by atoms with van der Waals surface area (Å²) < 4.78 is 1.05. The van der Waals surface area contributed by atoms with Crippen LogP contribution in [0.5, 0.6) is 0 Å². The lowest BCUT2D eigenvalue weighted by Gasteiger charge is -2.13. The van der Waals surface area contributed by atoms with Crippen molar-refractivity contribution < 1.29 is 4.79 Å². The Balaban J connectivity index is 1.82. The standard InChI is InChI=1S/C12H13BrN4OS/c1-8(6-9-2-4-10(13)5-3-9)15-11(18)16-12-17-14-7-19-12/h2-5,7-8H,6H2,1H3,(H2,15,16,17,18)/t8-/m1/s1. The van der Waals surface area contributed by atoms with Gasteiger partial charge >= 0.3 is 6.03 Å². The second kappa shape index (κ2) is 6.63. The number of nitrogens with one attached hydrogen (secondary N) is 2. The van der Waals surface area contributed by atoms with Crippen LogP contribution in [-0.4, -0.2) is 22.3 Å². The van der Waals surface area contributed by atoms with Gasteiger partial charge in [0.25, 0.3) is 0 Å². The van der Waals surface area contributed by atoms with Crippen LogP contribution in [0.3, 0.4) is 0 Å². The summed E-state index contributed by atoms with van der Waals surface area (Å²) in [5, 5.41) is 13.4. The first kappa shape index (κ1) is 14.0. The number of aromatic nitrogens is 2. The van der Waals surface area contributed by atoms with Crippen molar-refractivity contribution in [1.82, 2.24) is 15.5 Å². The molecule has 0 bridgehead atoms. The molecule has 0 unspecified atom stereocenters. The zero-order valence-electron chi connectivity index (χ0n) is 10.3. The fourth-order valence-electron chi connectivity index (χ4n) is 1.61. The molecule has 5 nitrogen and oxygen atoms in total. The third kappa shape index (κ3) is 4.60. The van der Waals surface area contributed by atoms with E-state index in [0.29, 0.717) is 5.13 Å². The number of halogens is 1. The first-order valence-electron chi connectivity index (χ1n) is 5.71. The van der Waals surface area contributed by atoms with Crippen LogP contribution in [-0.2, 0) is 6.42 Å². The molecule has 0 aliphatic carbocycles. The van der Waals surface area contributed by atoms with E-state index in [1.54, 1.807) is 5.51 Å². The van der Waals surface area contributed by atoms with Gasteiger partial charge in [-0.1, -0.05) is 39.4 Å². The van der Waals surface area contributed by atoms with E-state index in [0.717, 1.165) is 10.9 Å². The number of carbonyl (C=O) groups is 1. The van der Waals surface area contributed by atoms with Gasteiger partial charge in [0.1, 0.15) is 5.51 Å². The first-order chi connectivity index (χ1) is 9.13. The molecule has 100 valence electrons. The molecule has 0 saturated carbocycles. The third-order valence-electron chi connectivity index (χ3n) is 2.41. The Morgan fingerprint density at radius 1 is 1.42 bits per heavy atom. The maximum atomic E-state index is 11.7. The quantitative estimate of drug-likeness (QED) is 0.898. The molecule has 1 aromatic heterocycles. The van der Waals surface area contributed by atoms with Crippen molar-refractivity contribution >= 4 is 38.4 Å². The Hall–Kier alpha value is -1.47. The van der Waals surface area contributed by atoms with Gasteiger partial charge in [0.05, 0.1) is 0 Å². The third-order valence-corrected chi connectivity index (χ3v) is 3.55. The Bertz CT molecular complexity index is 529. The number of urea groups is 1.